The Hall–Kier alpha value is -2.22. The molecule has 0 saturated heterocycles. The van der Waals surface area contributed by atoms with Crippen molar-refractivity contribution in [2.75, 3.05) is 5.32 Å². The van der Waals surface area contributed by atoms with Gasteiger partial charge in [0.1, 0.15) is 16.3 Å². The van der Waals surface area contributed by atoms with Crippen molar-refractivity contribution in [3.8, 4) is 0 Å². The predicted molar refractivity (Wildman–Crippen MR) is 111 cm³/mol. The van der Waals surface area contributed by atoms with Gasteiger partial charge in [0.05, 0.1) is 11.9 Å². The number of aromatic nitrogens is 3. The molecular weight excluding hydrogens is 422 g/mol. The zero-order chi connectivity index (χ0) is 20.1. The number of carbonyl (C=O) groups excluding carboxylic acids is 2. The number of nitrogens with one attached hydrogen (secondary N) is 2. The molecule has 2 amide bonds. The number of halogens is 1. The van der Waals surface area contributed by atoms with E-state index in [-0.39, 0.29) is 23.8 Å². The third-order valence-electron chi connectivity index (χ3n) is 5.08. The van der Waals surface area contributed by atoms with E-state index in [0.29, 0.717) is 16.0 Å². The van der Waals surface area contributed by atoms with Crippen LogP contribution in [-0.4, -0.2) is 32.6 Å². The van der Waals surface area contributed by atoms with Crippen LogP contribution < -0.4 is 10.6 Å². The van der Waals surface area contributed by atoms with Gasteiger partial charge >= 0.3 is 0 Å². The van der Waals surface area contributed by atoms with Gasteiger partial charge in [-0.2, -0.15) is 5.10 Å². The van der Waals surface area contributed by atoms with Crippen molar-refractivity contribution >= 4 is 33.4 Å². The highest BCUT2D eigenvalue weighted by Crippen LogP contribution is 2.27. The van der Waals surface area contributed by atoms with E-state index in [2.05, 4.69) is 36.6 Å². The molecule has 2 aromatic heterocycles. The normalized spacial score (nSPS) is 16.0. The first-order valence-corrected chi connectivity index (χ1v) is 10.5. The molecule has 1 aliphatic carbocycles. The fourth-order valence-electron chi connectivity index (χ4n) is 3.66. The molecule has 1 atom stereocenters. The van der Waals surface area contributed by atoms with Crippen LogP contribution in [0.1, 0.15) is 62.5 Å². The van der Waals surface area contributed by atoms with Crippen molar-refractivity contribution in [2.45, 2.75) is 58.0 Å². The van der Waals surface area contributed by atoms with Crippen LogP contribution in [0.4, 0.5) is 5.69 Å². The van der Waals surface area contributed by atoms with Crippen LogP contribution in [0.15, 0.2) is 35.2 Å². The Bertz CT molecular complexity index is 812. The van der Waals surface area contributed by atoms with Crippen molar-refractivity contribution in [3.63, 3.8) is 0 Å². The molecule has 0 unspecified atom stereocenters. The van der Waals surface area contributed by atoms with E-state index in [9.17, 15) is 9.59 Å². The van der Waals surface area contributed by atoms with Gasteiger partial charge in [-0.1, -0.05) is 19.3 Å². The van der Waals surface area contributed by atoms with Crippen LogP contribution in [0.25, 0.3) is 0 Å². The molecule has 0 spiro atoms. The average Bonchev–Trinajstić information content (AvgIpc) is 3.19. The summed E-state index contributed by atoms with van der Waals surface area (Å²) in [6.45, 7) is 3.94. The molecule has 2 aromatic rings. The second-order valence-electron chi connectivity index (χ2n) is 7.46. The Morgan fingerprint density at radius 3 is 2.57 bits per heavy atom. The average molecular weight is 448 g/mol. The monoisotopic (exact) mass is 447 g/mol. The summed E-state index contributed by atoms with van der Waals surface area (Å²) < 4.78 is 2.37. The molecule has 1 aliphatic rings. The third-order valence-corrected chi connectivity index (χ3v) is 5.55. The van der Waals surface area contributed by atoms with Crippen molar-refractivity contribution in [3.05, 3.63) is 40.9 Å². The zero-order valence-electron chi connectivity index (χ0n) is 16.2. The van der Waals surface area contributed by atoms with Gasteiger partial charge in [0.15, 0.2) is 0 Å². The van der Waals surface area contributed by atoms with Crippen molar-refractivity contribution in [1.82, 2.24) is 20.1 Å². The maximum absolute atomic E-state index is 13.0. The number of anilines is 1. The van der Waals surface area contributed by atoms with Crippen LogP contribution >= 0.6 is 15.9 Å². The maximum atomic E-state index is 13.0. The summed E-state index contributed by atoms with van der Waals surface area (Å²) in [4.78, 5) is 30.1. The highest BCUT2D eigenvalue weighted by molar-refractivity contribution is 9.10. The Kier molecular flexibility index (Phi) is 6.83. The summed E-state index contributed by atoms with van der Waals surface area (Å²) in [5, 5.41) is 10.1. The summed E-state index contributed by atoms with van der Waals surface area (Å²) in [6.07, 6.45) is 8.40. The quantitative estimate of drug-likeness (QED) is 0.656. The lowest BCUT2D eigenvalue weighted by Crippen LogP contribution is -2.49. The minimum Gasteiger partial charge on any atom is -0.339 e. The van der Waals surface area contributed by atoms with Crippen LogP contribution in [-0.2, 0) is 4.79 Å². The van der Waals surface area contributed by atoms with Gasteiger partial charge in [0, 0.05) is 12.2 Å². The molecule has 1 fully saturated rings. The van der Waals surface area contributed by atoms with Crippen molar-refractivity contribution in [1.29, 1.82) is 0 Å². The fourth-order valence-corrected chi connectivity index (χ4v) is 3.89. The Balaban J connectivity index is 1.78. The largest absolute Gasteiger partial charge is 0.339 e. The molecule has 8 heteroatoms. The number of hydrogen-bond acceptors (Lipinski definition) is 4. The number of hydrogen-bond donors (Lipinski definition) is 2. The summed E-state index contributed by atoms with van der Waals surface area (Å²) in [6, 6.07) is 4.70. The highest BCUT2D eigenvalue weighted by atomic mass is 79.9. The highest BCUT2D eigenvalue weighted by Gasteiger charge is 2.32. The number of nitrogens with zero attached hydrogens (tertiary/aromatic N) is 3. The Labute approximate surface area is 173 Å². The standard InChI is InChI=1S/C20H26BrN5O2/c1-13(2)26-16(10-11-23-26)19(27)25-18(14-6-4-3-5-7-14)20(28)24-15-8-9-17(21)22-12-15/h8-14,18H,3-7H2,1-2H3,(H,24,28)(H,25,27)/t18-/m0/s1. The number of rotatable bonds is 6. The molecule has 0 radical (unpaired) electrons. The molecule has 3 rings (SSSR count). The van der Waals surface area contributed by atoms with Gasteiger partial charge in [-0.15, -0.1) is 0 Å². The molecule has 0 bridgehead atoms. The lowest BCUT2D eigenvalue weighted by Gasteiger charge is -2.30. The maximum Gasteiger partial charge on any atom is 0.270 e. The van der Waals surface area contributed by atoms with Gasteiger partial charge < -0.3 is 10.6 Å². The molecule has 0 aliphatic heterocycles. The molecular formula is C20H26BrN5O2. The van der Waals surface area contributed by atoms with E-state index in [1.807, 2.05) is 13.8 Å². The first-order chi connectivity index (χ1) is 13.5. The number of pyridine rings is 1. The summed E-state index contributed by atoms with van der Waals surface area (Å²) >= 11 is 3.29. The van der Waals surface area contributed by atoms with Crippen LogP contribution in [0.5, 0.6) is 0 Å². The Morgan fingerprint density at radius 2 is 1.93 bits per heavy atom. The zero-order valence-corrected chi connectivity index (χ0v) is 17.8. The van der Waals surface area contributed by atoms with Crippen LogP contribution in [0.3, 0.4) is 0 Å². The van der Waals surface area contributed by atoms with E-state index in [0.717, 1.165) is 25.7 Å². The predicted octanol–water partition coefficient (Wildman–Crippen LogP) is 3.94. The summed E-state index contributed by atoms with van der Waals surface area (Å²) in [7, 11) is 0. The molecule has 7 nitrogen and oxygen atoms in total. The molecule has 1 saturated carbocycles. The van der Waals surface area contributed by atoms with E-state index in [4.69, 9.17) is 0 Å². The summed E-state index contributed by atoms with van der Waals surface area (Å²) in [5.41, 5.74) is 1.07. The Morgan fingerprint density at radius 1 is 1.18 bits per heavy atom. The second-order valence-corrected chi connectivity index (χ2v) is 8.28. The van der Waals surface area contributed by atoms with Crippen molar-refractivity contribution in [2.24, 2.45) is 5.92 Å². The van der Waals surface area contributed by atoms with Gasteiger partial charge in [-0.3, -0.25) is 14.3 Å². The van der Waals surface area contributed by atoms with Gasteiger partial charge in [-0.25, -0.2) is 4.98 Å². The molecule has 2 heterocycles. The fraction of sp³-hybridized carbons (Fsp3) is 0.500. The van der Waals surface area contributed by atoms with E-state index in [1.54, 1.807) is 35.3 Å². The lowest BCUT2D eigenvalue weighted by atomic mass is 9.83. The van der Waals surface area contributed by atoms with E-state index in [1.165, 1.54) is 6.42 Å². The lowest BCUT2D eigenvalue weighted by molar-refractivity contribution is -0.119. The number of amides is 2. The van der Waals surface area contributed by atoms with Gasteiger partial charge in [0.2, 0.25) is 5.91 Å². The van der Waals surface area contributed by atoms with E-state index >= 15 is 0 Å². The van der Waals surface area contributed by atoms with Crippen molar-refractivity contribution < 1.29 is 9.59 Å². The minimum atomic E-state index is -0.591. The smallest absolute Gasteiger partial charge is 0.270 e. The van der Waals surface area contributed by atoms with E-state index < -0.39 is 6.04 Å². The molecule has 150 valence electrons. The number of carbonyl (C=O) groups is 2. The summed E-state index contributed by atoms with van der Waals surface area (Å²) in [5.74, 6) is -0.359. The third kappa shape index (κ3) is 4.98. The SMILES string of the molecule is CC(C)n1nccc1C(=O)N[C@H](C(=O)Nc1ccc(Br)nc1)C1CCCCC1. The first-order valence-electron chi connectivity index (χ1n) is 9.72. The van der Waals surface area contributed by atoms with Gasteiger partial charge in [0.25, 0.3) is 5.91 Å². The topological polar surface area (TPSA) is 88.9 Å². The van der Waals surface area contributed by atoms with Crippen LogP contribution in [0.2, 0.25) is 0 Å². The van der Waals surface area contributed by atoms with Crippen LogP contribution in [0, 0.1) is 5.92 Å². The van der Waals surface area contributed by atoms with Gasteiger partial charge in [-0.05, 0) is 66.7 Å². The molecule has 28 heavy (non-hydrogen) atoms. The first kappa shape index (κ1) is 20.5. The molecule has 2 N–H and O–H groups in total. The second kappa shape index (κ2) is 9.32. The molecule has 0 aromatic carbocycles. The minimum absolute atomic E-state index is 0.0616.